The number of aliphatic imine (C=N–C) groups is 1. The summed E-state index contributed by atoms with van der Waals surface area (Å²) in [4.78, 5) is 21.7. The minimum atomic E-state index is 0.500. The molecule has 0 aliphatic heterocycles. The van der Waals surface area contributed by atoms with Gasteiger partial charge in [-0.2, -0.15) is 4.99 Å². The molecule has 0 atom stereocenters. The molecule has 0 saturated carbocycles. The van der Waals surface area contributed by atoms with Gasteiger partial charge in [-0.25, -0.2) is 4.79 Å². The average molecular weight is 197 g/mol. The van der Waals surface area contributed by atoms with Gasteiger partial charge in [0.1, 0.15) is 5.69 Å². The Kier molecular flexibility index (Phi) is 2.63. The number of hydrogen-bond donors (Lipinski definition) is 0. The molecule has 0 aliphatic carbocycles. The van der Waals surface area contributed by atoms with Crippen LogP contribution in [0.1, 0.15) is 0 Å². The maximum absolute atomic E-state index is 10.2. The van der Waals surface area contributed by atoms with E-state index >= 15 is 0 Å². The Balaban J connectivity index is 2.58. The van der Waals surface area contributed by atoms with E-state index in [4.69, 9.17) is 0 Å². The van der Waals surface area contributed by atoms with Gasteiger partial charge < -0.3 is 0 Å². The van der Waals surface area contributed by atoms with Crippen LogP contribution in [0.2, 0.25) is 0 Å². The molecule has 0 fully saturated rings. The number of pyridine rings is 2. The van der Waals surface area contributed by atoms with Gasteiger partial charge in [0, 0.05) is 29.7 Å². The van der Waals surface area contributed by atoms with Crippen molar-refractivity contribution in [3.63, 3.8) is 0 Å². The summed E-state index contributed by atoms with van der Waals surface area (Å²) in [5, 5.41) is 0. The second-order valence-electron chi connectivity index (χ2n) is 2.84. The zero-order valence-corrected chi connectivity index (χ0v) is 7.79. The molecule has 2 aromatic rings. The van der Waals surface area contributed by atoms with Gasteiger partial charge in [-0.3, -0.25) is 9.97 Å². The first kappa shape index (κ1) is 9.24. The van der Waals surface area contributed by atoms with Gasteiger partial charge >= 0.3 is 0 Å². The Morgan fingerprint density at radius 3 is 2.73 bits per heavy atom. The van der Waals surface area contributed by atoms with Crippen molar-refractivity contribution in [3.05, 3.63) is 43.0 Å². The van der Waals surface area contributed by atoms with E-state index in [-0.39, 0.29) is 0 Å². The largest absolute Gasteiger partial charge is 0.264 e. The minimum Gasteiger partial charge on any atom is -0.264 e. The van der Waals surface area contributed by atoms with Gasteiger partial charge in [-0.05, 0) is 12.1 Å². The van der Waals surface area contributed by atoms with Crippen LogP contribution in [0, 0.1) is 0 Å². The van der Waals surface area contributed by atoms with Crippen LogP contribution in [0.3, 0.4) is 0 Å². The predicted molar refractivity (Wildman–Crippen MR) is 55.2 cm³/mol. The molecular formula is C11H7N3O. The van der Waals surface area contributed by atoms with Crippen molar-refractivity contribution in [2.24, 2.45) is 4.99 Å². The third-order valence-corrected chi connectivity index (χ3v) is 1.94. The molecule has 72 valence electrons. The molecule has 0 bridgehead atoms. The van der Waals surface area contributed by atoms with Crippen molar-refractivity contribution < 1.29 is 4.79 Å². The van der Waals surface area contributed by atoms with Crippen molar-refractivity contribution in [2.75, 3.05) is 0 Å². The maximum Gasteiger partial charge on any atom is 0.240 e. The zero-order chi connectivity index (χ0) is 10.5. The number of hydrogen-bond acceptors (Lipinski definition) is 4. The van der Waals surface area contributed by atoms with Crippen LogP contribution in [-0.2, 0) is 4.79 Å². The molecule has 4 nitrogen and oxygen atoms in total. The van der Waals surface area contributed by atoms with Crippen LogP contribution in [0.4, 0.5) is 5.69 Å². The molecule has 0 spiro atoms. The SMILES string of the molecule is O=C=Nc1cnccc1-c1cccnc1. The third-order valence-electron chi connectivity index (χ3n) is 1.94. The highest BCUT2D eigenvalue weighted by molar-refractivity contribution is 5.75. The Labute approximate surface area is 86.3 Å². The number of aromatic nitrogens is 2. The van der Waals surface area contributed by atoms with E-state index in [0.717, 1.165) is 11.1 Å². The number of isocyanates is 1. The van der Waals surface area contributed by atoms with E-state index in [1.807, 2.05) is 12.1 Å². The summed E-state index contributed by atoms with van der Waals surface area (Å²) in [6.07, 6.45) is 8.07. The van der Waals surface area contributed by atoms with Gasteiger partial charge in [0.2, 0.25) is 6.08 Å². The van der Waals surface area contributed by atoms with Crippen molar-refractivity contribution in [2.45, 2.75) is 0 Å². The first-order valence-electron chi connectivity index (χ1n) is 4.34. The van der Waals surface area contributed by atoms with Crippen LogP contribution in [0.25, 0.3) is 11.1 Å². The molecule has 2 heterocycles. The average Bonchev–Trinajstić information content (AvgIpc) is 2.31. The molecule has 2 rings (SSSR count). The Morgan fingerprint density at radius 2 is 2.00 bits per heavy atom. The van der Waals surface area contributed by atoms with Crippen molar-refractivity contribution >= 4 is 11.8 Å². The van der Waals surface area contributed by atoms with Gasteiger partial charge in [-0.1, -0.05) is 6.07 Å². The highest BCUT2D eigenvalue weighted by Crippen LogP contribution is 2.27. The van der Waals surface area contributed by atoms with Crippen molar-refractivity contribution in [3.8, 4) is 11.1 Å². The highest BCUT2D eigenvalue weighted by atomic mass is 16.1. The third kappa shape index (κ3) is 1.95. The molecule has 2 aromatic heterocycles. The molecule has 0 aliphatic rings. The van der Waals surface area contributed by atoms with E-state index in [0.29, 0.717) is 5.69 Å². The standard InChI is InChI=1S/C11H7N3O/c15-8-14-11-7-13-5-3-10(11)9-2-1-4-12-6-9/h1-7H. The molecule has 15 heavy (non-hydrogen) atoms. The predicted octanol–water partition coefficient (Wildman–Crippen LogP) is 2.11. The molecule has 0 unspecified atom stereocenters. The Hall–Kier alpha value is -2.32. The molecule has 0 aromatic carbocycles. The Morgan fingerprint density at radius 1 is 1.13 bits per heavy atom. The minimum absolute atomic E-state index is 0.500. The summed E-state index contributed by atoms with van der Waals surface area (Å²) in [7, 11) is 0. The smallest absolute Gasteiger partial charge is 0.240 e. The van der Waals surface area contributed by atoms with E-state index in [1.165, 1.54) is 12.3 Å². The summed E-state index contributed by atoms with van der Waals surface area (Å²) < 4.78 is 0. The zero-order valence-electron chi connectivity index (χ0n) is 7.79. The van der Waals surface area contributed by atoms with Crippen molar-refractivity contribution in [1.29, 1.82) is 0 Å². The molecule has 0 amide bonds. The number of nitrogens with zero attached hydrogens (tertiary/aromatic N) is 3. The Bertz CT molecular complexity index is 504. The summed E-state index contributed by atoms with van der Waals surface area (Å²) >= 11 is 0. The monoisotopic (exact) mass is 197 g/mol. The topological polar surface area (TPSA) is 55.2 Å². The second kappa shape index (κ2) is 4.26. The van der Waals surface area contributed by atoms with Gasteiger partial charge in [0.15, 0.2) is 0 Å². The molecule has 0 N–H and O–H groups in total. The van der Waals surface area contributed by atoms with Crippen LogP contribution >= 0.6 is 0 Å². The van der Waals surface area contributed by atoms with Gasteiger partial charge in [0.05, 0.1) is 6.20 Å². The fraction of sp³-hybridized carbons (Fsp3) is 0. The van der Waals surface area contributed by atoms with Crippen LogP contribution in [-0.4, -0.2) is 16.0 Å². The lowest BCUT2D eigenvalue weighted by Crippen LogP contribution is -1.81. The quantitative estimate of drug-likeness (QED) is 0.547. The van der Waals surface area contributed by atoms with Gasteiger partial charge in [-0.15, -0.1) is 0 Å². The molecule has 4 heteroatoms. The summed E-state index contributed by atoms with van der Waals surface area (Å²) in [5.74, 6) is 0. The summed E-state index contributed by atoms with van der Waals surface area (Å²) in [6.45, 7) is 0. The summed E-state index contributed by atoms with van der Waals surface area (Å²) in [6, 6.07) is 5.50. The van der Waals surface area contributed by atoms with E-state index < -0.39 is 0 Å². The maximum atomic E-state index is 10.2. The lowest BCUT2D eigenvalue weighted by Gasteiger charge is -2.02. The van der Waals surface area contributed by atoms with Crippen molar-refractivity contribution in [1.82, 2.24) is 9.97 Å². The van der Waals surface area contributed by atoms with E-state index in [2.05, 4.69) is 15.0 Å². The van der Waals surface area contributed by atoms with Crippen LogP contribution < -0.4 is 0 Å². The molecular weight excluding hydrogens is 190 g/mol. The van der Waals surface area contributed by atoms with Crippen LogP contribution in [0.15, 0.2) is 48.0 Å². The fourth-order valence-electron chi connectivity index (χ4n) is 1.29. The number of carbonyl (C=O) groups excluding carboxylic acids is 1. The summed E-state index contributed by atoms with van der Waals surface area (Å²) in [5.41, 5.74) is 2.22. The normalized spacial score (nSPS) is 9.33. The van der Waals surface area contributed by atoms with Crippen LogP contribution in [0.5, 0.6) is 0 Å². The molecule has 0 saturated heterocycles. The highest BCUT2D eigenvalue weighted by Gasteiger charge is 2.03. The fourth-order valence-corrected chi connectivity index (χ4v) is 1.29. The lowest BCUT2D eigenvalue weighted by molar-refractivity contribution is 0.565. The first-order valence-corrected chi connectivity index (χ1v) is 4.34. The second-order valence-corrected chi connectivity index (χ2v) is 2.84. The van der Waals surface area contributed by atoms with E-state index in [9.17, 15) is 4.79 Å². The van der Waals surface area contributed by atoms with E-state index in [1.54, 1.807) is 24.7 Å². The number of rotatable bonds is 2. The molecule has 0 radical (unpaired) electrons. The first-order chi connectivity index (χ1) is 7.42. The van der Waals surface area contributed by atoms with Gasteiger partial charge in [0.25, 0.3) is 0 Å². The lowest BCUT2D eigenvalue weighted by atomic mass is 10.1.